The lowest BCUT2D eigenvalue weighted by atomic mass is 9.98. The summed E-state index contributed by atoms with van der Waals surface area (Å²) in [6, 6.07) is -0.449. The topological polar surface area (TPSA) is 43.1 Å². The number of carbonyl (C=O) groups is 1. The molecule has 0 fully saturated rings. The SMILES string of the molecule is C[C@@H](N)C(=O)C1=CC(Cl)=CC[CH]1. The Morgan fingerprint density at radius 3 is 2.92 bits per heavy atom. The molecule has 2 nitrogen and oxygen atoms in total. The fraction of sp³-hybridized carbons (Fsp3) is 0.333. The quantitative estimate of drug-likeness (QED) is 0.708. The summed E-state index contributed by atoms with van der Waals surface area (Å²) in [5.41, 5.74) is 6.06. The molecule has 0 spiro atoms. The number of allylic oxidation sites excluding steroid dienone is 3. The third-order valence-corrected chi connectivity index (χ3v) is 1.91. The molecule has 1 aliphatic carbocycles. The van der Waals surface area contributed by atoms with Gasteiger partial charge in [-0.3, -0.25) is 4.79 Å². The average Bonchev–Trinajstić information content (AvgIpc) is 2.03. The first-order chi connectivity index (χ1) is 5.61. The van der Waals surface area contributed by atoms with Crippen LogP contribution in [0.25, 0.3) is 0 Å². The molecule has 0 heterocycles. The minimum atomic E-state index is -0.449. The molecular weight excluding hydrogens is 174 g/mol. The summed E-state index contributed by atoms with van der Waals surface area (Å²) in [5, 5.41) is 0.613. The van der Waals surface area contributed by atoms with Gasteiger partial charge in [0.25, 0.3) is 0 Å². The molecule has 0 aromatic carbocycles. The smallest absolute Gasteiger partial charge is 0.175 e. The van der Waals surface area contributed by atoms with Crippen LogP contribution in [0, 0.1) is 6.42 Å². The lowest BCUT2D eigenvalue weighted by Gasteiger charge is -2.10. The predicted molar refractivity (Wildman–Crippen MR) is 49.6 cm³/mol. The Morgan fingerprint density at radius 2 is 2.42 bits per heavy atom. The van der Waals surface area contributed by atoms with E-state index in [-0.39, 0.29) is 5.78 Å². The van der Waals surface area contributed by atoms with E-state index in [2.05, 4.69) is 0 Å². The third-order valence-electron chi connectivity index (χ3n) is 1.64. The molecule has 3 heteroatoms. The summed E-state index contributed by atoms with van der Waals surface area (Å²) in [7, 11) is 0. The summed E-state index contributed by atoms with van der Waals surface area (Å²) in [6.45, 7) is 1.67. The number of hydrogen-bond acceptors (Lipinski definition) is 2. The maximum atomic E-state index is 11.3. The molecule has 1 atom stereocenters. The van der Waals surface area contributed by atoms with E-state index in [1.165, 1.54) is 0 Å². The maximum Gasteiger partial charge on any atom is 0.175 e. The van der Waals surface area contributed by atoms with Crippen molar-refractivity contribution in [2.45, 2.75) is 19.4 Å². The van der Waals surface area contributed by atoms with Crippen LogP contribution >= 0.6 is 11.6 Å². The zero-order chi connectivity index (χ0) is 9.14. The second-order valence-corrected chi connectivity index (χ2v) is 3.22. The summed E-state index contributed by atoms with van der Waals surface area (Å²) in [6.07, 6.45) is 6.04. The van der Waals surface area contributed by atoms with Gasteiger partial charge in [-0.15, -0.1) is 0 Å². The highest BCUT2D eigenvalue weighted by Gasteiger charge is 2.15. The van der Waals surface area contributed by atoms with Crippen LogP contribution in [0.15, 0.2) is 22.8 Å². The second-order valence-electron chi connectivity index (χ2n) is 2.78. The molecule has 65 valence electrons. The molecule has 1 aliphatic rings. The van der Waals surface area contributed by atoms with Gasteiger partial charge in [0.2, 0.25) is 0 Å². The van der Waals surface area contributed by atoms with Gasteiger partial charge < -0.3 is 5.73 Å². The van der Waals surface area contributed by atoms with Crippen molar-refractivity contribution in [2.24, 2.45) is 5.73 Å². The van der Waals surface area contributed by atoms with Gasteiger partial charge in [0.15, 0.2) is 5.78 Å². The van der Waals surface area contributed by atoms with Crippen LogP contribution in [0.1, 0.15) is 13.3 Å². The van der Waals surface area contributed by atoms with Gasteiger partial charge in [-0.2, -0.15) is 0 Å². The minimum Gasteiger partial charge on any atom is -0.321 e. The van der Waals surface area contributed by atoms with Crippen molar-refractivity contribution in [3.05, 3.63) is 29.2 Å². The van der Waals surface area contributed by atoms with E-state index >= 15 is 0 Å². The zero-order valence-electron chi connectivity index (χ0n) is 6.88. The lowest BCUT2D eigenvalue weighted by Crippen LogP contribution is -2.28. The number of rotatable bonds is 2. The third kappa shape index (κ3) is 2.19. The van der Waals surface area contributed by atoms with E-state index in [0.29, 0.717) is 17.0 Å². The van der Waals surface area contributed by atoms with Gasteiger partial charge in [-0.25, -0.2) is 0 Å². The van der Waals surface area contributed by atoms with Crippen LogP contribution in [0.5, 0.6) is 0 Å². The van der Waals surface area contributed by atoms with Crippen LogP contribution < -0.4 is 5.73 Å². The largest absolute Gasteiger partial charge is 0.321 e. The van der Waals surface area contributed by atoms with E-state index < -0.39 is 6.04 Å². The van der Waals surface area contributed by atoms with Crippen molar-refractivity contribution in [3.8, 4) is 0 Å². The Kier molecular flexibility index (Phi) is 3.06. The Hall–Kier alpha value is -0.600. The van der Waals surface area contributed by atoms with E-state index in [1.807, 2.05) is 12.5 Å². The zero-order valence-corrected chi connectivity index (χ0v) is 7.64. The molecule has 0 saturated carbocycles. The van der Waals surface area contributed by atoms with Gasteiger partial charge in [0, 0.05) is 10.6 Å². The van der Waals surface area contributed by atoms with E-state index in [4.69, 9.17) is 17.3 Å². The first-order valence-electron chi connectivity index (χ1n) is 3.81. The maximum absolute atomic E-state index is 11.3. The number of halogens is 1. The molecule has 2 N–H and O–H groups in total. The van der Waals surface area contributed by atoms with Crippen molar-refractivity contribution in [3.63, 3.8) is 0 Å². The summed E-state index contributed by atoms with van der Waals surface area (Å²) in [5.74, 6) is -0.0544. The molecule has 0 amide bonds. The molecule has 1 radical (unpaired) electrons. The number of ketones is 1. The molecule has 12 heavy (non-hydrogen) atoms. The summed E-state index contributed by atoms with van der Waals surface area (Å²) in [4.78, 5) is 11.3. The van der Waals surface area contributed by atoms with Crippen LogP contribution in [0.2, 0.25) is 0 Å². The van der Waals surface area contributed by atoms with E-state index in [1.54, 1.807) is 13.0 Å². The molecule has 0 aliphatic heterocycles. The normalized spacial score (nSPS) is 19.6. The molecular formula is C9H11ClNO. The Bertz CT molecular complexity index is 253. The predicted octanol–water partition coefficient (Wildman–Crippen LogP) is 1.56. The lowest BCUT2D eigenvalue weighted by molar-refractivity contribution is -0.116. The van der Waals surface area contributed by atoms with Crippen LogP contribution in [-0.2, 0) is 4.79 Å². The van der Waals surface area contributed by atoms with Gasteiger partial charge >= 0.3 is 0 Å². The standard InChI is InChI=1S/C9H11ClNO/c1-6(11)9(12)7-3-2-4-8(10)5-7/h3-6H,2,11H2,1H3/t6-/m1/s1. The Balaban J connectivity index is 2.76. The van der Waals surface area contributed by atoms with Crippen molar-refractivity contribution in [2.75, 3.05) is 0 Å². The molecule has 0 saturated heterocycles. The molecule has 0 bridgehead atoms. The molecule has 0 unspecified atom stereocenters. The van der Waals surface area contributed by atoms with Gasteiger partial charge in [0.05, 0.1) is 6.04 Å². The molecule has 0 aromatic heterocycles. The number of nitrogens with two attached hydrogens (primary N) is 1. The number of carbonyl (C=O) groups excluding carboxylic acids is 1. The van der Waals surface area contributed by atoms with Crippen LogP contribution in [-0.4, -0.2) is 11.8 Å². The summed E-state index contributed by atoms with van der Waals surface area (Å²) < 4.78 is 0. The molecule has 1 rings (SSSR count). The van der Waals surface area contributed by atoms with E-state index in [0.717, 1.165) is 0 Å². The van der Waals surface area contributed by atoms with Crippen molar-refractivity contribution in [1.82, 2.24) is 0 Å². The fourth-order valence-electron chi connectivity index (χ4n) is 0.999. The summed E-state index contributed by atoms with van der Waals surface area (Å²) >= 11 is 5.73. The van der Waals surface area contributed by atoms with Crippen LogP contribution in [0.4, 0.5) is 0 Å². The van der Waals surface area contributed by atoms with Gasteiger partial charge in [-0.05, 0) is 25.8 Å². The number of hydrogen-bond donors (Lipinski definition) is 1. The minimum absolute atomic E-state index is 0.0544. The van der Waals surface area contributed by atoms with Crippen molar-refractivity contribution < 1.29 is 4.79 Å². The molecule has 0 aromatic rings. The second kappa shape index (κ2) is 3.87. The highest BCUT2D eigenvalue weighted by atomic mass is 35.5. The number of Topliss-reactive ketones (excluding diaryl/α,β-unsaturated/α-hetero) is 1. The highest BCUT2D eigenvalue weighted by molar-refractivity contribution is 6.31. The van der Waals surface area contributed by atoms with Gasteiger partial charge in [-0.1, -0.05) is 17.7 Å². The van der Waals surface area contributed by atoms with Crippen LogP contribution in [0.3, 0.4) is 0 Å². The average molecular weight is 185 g/mol. The first-order valence-corrected chi connectivity index (χ1v) is 4.19. The fourth-order valence-corrected chi connectivity index (χ4v) is 1.21. The van der Waals surface area contributed by atoms with Gasteiger partial charge in [0.1, 0.15) is 0 Å². The highest BCUT2D eigenvalue weighted by Crippen LogP contribution is 2.19. The van der Waals surface area contributed by atoms with Crippen molar-refractivity contribution >= 4 is 17.4 Å². The van der Waals surface area contributed by atoms with E-state index in [9.17, 15) is 4.79 Å². The Labute approximate surface area is 77.1 Å². The monoisotopic (exact) mass is 184 g/mol. The first kappa shape index (κ1) is 9.49. The van der Waals surface area contributed by atoms with Crippen molar-refractivity contribution in [1.29, 1.82) is 0 Å². The Morgan fingerprint density at radius 1 is 1.75 bits per heavy atom.